The molecule has 17 heavy (non-hydrogen) atoms. The van der Waals surface area contributed by atoms with Gasteiger partial charge in [0.2, 0.25) is 0 Å². The molecular formula is C12H15N3O2. The smallest absolute Gasteiger partial charge is 0.269 e. The number of rotatable bonds is 2. The first kappa shape index (κ1) is 11.6. The van der Waals surface area contributed by atoms with Gasteiger partial charge in [-0.1, -0.05) is 13.8 Å². The standard InChI is InChI=1S/C12H15N3O2/c1-12(2)7-11(13-8-12)14-9-3-5-10(6-4-9)15(16)17/h3-6H,7-8H2,1-2H3,(H,13,14). The maximum Gasteiger partial charge on any atom is 0.269 e. The number of nitrogens with one attached hydrogen (secondary N) is 1. The second-order valence-electron chi connectivity index (χ2n) is 5.03. The zero-order valence-electron chi connectivity index (χ0n) is 9.93. The van der Waals surface area contributed by atoms with Crippen LogP contribution in [-0.4, -0.2) is 17.3 Å². The van der Waals surface area contributed by atoms with Crippen LogP contribution in [0.15, 0.2) is 29.3 Å². The third-order valence-electron chi connectivity index (χ3n) is 2.71. The zero-order chi connectivity index (χ0) is 12.5. The molecule has 5 nitrogen and oxygen atoms in total. The minimum atomic E-state index is -0.403. The lowest BCUT2D eigenvalue weighted by molar-refractivity contribution is -0.384. The van der Waals surface area contributed by atoms with Crippen LogP contribution >= 0.6 is 0 Å². The van der Waals surface area contributed by atoms with Crippen LogP contribution in [0, 0.1) is 15.5 Å². The number of hydrogen-bond acceptors (Lipinski definition) is 4. The lowest BCUT2D eigenvalue weighted by Gasteiger charge is -2.14. The van der Waals surface area contributed by atoms with Crippen molar-refractivity contribution in [3.8, 4) is 0 Å². The van der Waals surface area contributed by atoms with E-state index in [1.165, 1.54) is 12.1 Å². The quantitative estimate of drug-likeness (QED) is 0.630. The van der Waals surface area contributed by atoms with Gasteiger partial charge in [-0.2, -0.15) is 0 Å². The molecule has 0 atom stereocenters. The largest absolute Gasteiger partial charge is 0.344 e. The second kappa shape index (κ2) is 4.16. The molecule has 0 bridgehead atoms. The molecule has 0 aliphatic carbocycles. The number of amidine groups is 1. The van der Waals surface area contributed by atoms with Gasteiger partial charge < -0.3 is 5.32 Å². The van der Waals surface area contributed by atoms with Gasteiger partial charge in [0.25, 0.3) is 5.69 Å². The normalized spacial score (nSPS) is 17.6. The van der Waals surface area contributed by atoms with E-state index < -0.39 is 4.92 Å². The Bertz CT molecular complexity index is 463. The van der Waals surface area contributed by atoms with E-state index in [1.807, 2.05) is 0 Å². The predicted molar refractivity (Wildman–Crippen MR) is 67.4 cm³/mol. The first-order chi connectivity index (χ1) is 7.96. The van der Waals surface area contributed by atoms with E-state index in [0.29, 0.717) is 0 Å². The molecule has 0 unspecified atom stereocenters. The molecule has 1 aliphatic rings. The molecule has 1 heterocycles. The monoisotopic (exact) mass is 233 g/mol. The second-order valence-corrected chi connectivity index (χ2v) is 5.03. The fraction of sp³-hybridized carbons (Fsp3) is 0.417. The number of hydrogen-bond donors (Lipinski definition) is 1. The minimum Gasteiger partial charge on any atom is -0.344 e. The molecule has 5 heteroatoms. The Morgan fingerprint density at radius 3 is 2.47 bits per heavy atom. The summed E-state index contributed by atoms with van der Waals surface area (Å²) in [5, 5.41) is 13.7. The minimum absolute atomic E-state index is 0.101. The van der Waals surface area contributed by atoms with E-state index in [0.717, 1.165) is 24.5 Å². The highest BCUT2D eigenvalue weighted by Gasteiger charge is 2.26. The van der Waals surface area contributed by atoms with Crippen LogP contribution in [0.5, 0.6) is 0 Å². The maximum atomic E-state index is 10.5. The Labute approximate surface area is 99.7 Å². The number of anilines is 1. The van der Waals surface area contributed by atoms with E-state index in [2.05, 4.69) is 24.2 Å². The number of benzene rings is 1. The summed E-state index contributed by atoms with van der Waals surface area (Å²) in [5.41, 5.74) is 1.15. The fourth-order valence-electron chi connectivity index (χ4n) is 1.79. The fourth-order valence-corrected chi connectivity index (χ4v) is 1.79. The summed E-state index contributed by atoms with van der Waals surface area (Å²) in [6.45, 7) is 5.16. The molecule has 0 saturated carbocycles. The van der Waals surface area contributed by atoms with Crippen molar-refractivity contribution < 1.29 is 4.92 Å². The predicted octanol–water partition coefficient (Wildman–Crippen LogP) is 2.84. The molecule has 0 fully saturated rings. The van der Waals surface area contributed by atoms with Crippen LogP contribution in [0.1, 0.15) is 20.3 Å². The van der Waals surface area contributed by atoms with Gasteiger partial charge >= 0.3 is 0 Å². The zero-order valence-corrected chi connectivity index (χ0v) is 9.93. The van der Waals surface area contributed by atoms with Crippen molar-refractivity contribution in [2.45, 2.75) is 20.3 Å². The van der Waals surface area contributed by atoms with Gasteiger partial charge in [0.1, 0.15) is 5.84 Å². The number of aliphatic imine (C=N–C) groups is 1. The summed E-state index contributed by atoms with van der Waals surface area (Å²) in [5.74, 6) is 0.948. The first-order valence-electron chi connectivity index (χ1n) is 5.51. The number of nitro benzene ring substituents is 1. The lowest BCUT2D eigenvalue weighted by Crippen LogP contribution is -2.16. The van der Waals surface area contributed by atoms with E-state index in [-0.39, 0.29) is 11.1 Å². The van der Waals surface area contributed by atoms with Gasteiger partial charge in [-0.3, -0.25) is 15.1 Å². The summed E-state index contributed by atoms with van der Waals surface area (Å²) in [6, 6.07) is 6.38. The SMILES string of the molecule is CC1(C)CN=C(Nc2ccc([N+](=O)[O-])cc2)C1. The molecule has 0 spiro atoms. The van der Waals surface area contributed by atoms with Crippen LogP contribution in [-0.2, 0) is 0 Å². The number of non-ortho nitro benzene ring substituents is 1. The number of nitrogens with zero attached hydrogens (tertiary/aromatic N) is 2. The molecule has 1 aliphatic heterocycles. The van der Waals surface area contributed by atoms with E-state index in [1.54, 1.807) is 12.1 Å². The van der Waals surface area contributed by atoms with Gasteiger partial charge in [-0.15, -0.1) is 0 Å². The van der Waals surface area contributed by atoms with Gasteiger partial charge in [0.05, 0.1) is 4.92 Å². The van der Waals surface area contributed by atoms with Crippen LogP contribution < -0.4 is 5.32 Å². The molecule has 0 aromatic heterocycles. The van der Waals surface area contributed by atoms with Crippen LogP contribution in [0.25, 0.3) is 0 Å². The van der Waals surface area contributed by atoms with E-state index in [9.17, 15) is 10.1 Å². The number of nitro groups is 1. The van der Waals surface area contributed by atoms with Crippen LogP contribution in [0.4, 0.5) is 11.4 Å². The highest BCUT2D eigenvalue weighted by atomic mass is 16.6. The summed E-state index contributed by atoms with van der Waals surface area (Å²) in [4.78, 5) is 14.5. The summed E-state index contributed by atoms with van der Waals surface area (Å²) in [6.07, 6.45) is 0.907. The van der Waals surface area contributed by atoms with Crippen LogP contribution in [0.3, 0.4) is 0 Å². The topological polar surface area (TPSA) is 67.5 Å². The Morgan fingerprint density at radius 2 is 2.00 bits per heavy atom. The third-order valence-corrected chi connectivity index (χ3v) is 2.71. The maximum absolute atomic E-state index is 10.5. The van der Waals surface area contributed by atoms with Crippen molar-refractivity contribution in [2.24, 2.45) is 10.4 Å². The third kappa shape index (κ3) is 2.81. The highest BCUT2D eigenvalue weighted by molar-refractivity contribution is 5.97. The Balaban J connectivity index is 2.03. The van der Waals surface area contributed by atoms with E-state index >= 15 is 0 Å². The van der Waals surface area contributed by atoms with Gasteiger partial charge in [-0.25, -0.2) is 0 Å². The van der Waals surface area contributed by atoms with Gasteiger partial charge in [0.15, 0.2) is 0 Å². The Morgan fingerprint density at radius 1 is 1.35 bits per heavy atom. The molecular weight excluding hydrogens is 218 g/mol. The first-order valence-corrected chi connectivity index (χ1v) is 5.51. The van der Waals surface area contributed by atoms with Crippen molar-refractivity contribution in [3.63, 3.8) is 0 Å². The van der Waals surface area contributed by atoms with Gasteiger partial charge in [-0.05, 0) is 17.5 Å². The van der Waals surface area contributed by atoms with Crippen molar-refractivity contribution in [3.05, 3.63) is 34.4 Å². The lowest BCUT2D eigenvalue weighted by atomic mass is 9.92. The Hall–Kier alpha value is -1.91. The van der Waals surface area contributed by atoms with Crippen LogP contribution in [0.2, 0.25) is 0 Å². The average Bonchev–Trinajstić information content (AvgIpc) is 2.59. The molecule has 0 amide bonds. The average molecular weight is 233 g/mol. The summed E-state index contributed by atoms with van der Waals surface area (Å²) < 4.78 is 0. The highest BCUT2D eigenvalue weighted by Crippen LogP contribution is 2.27. The van der Waals surface area contributed by atoms with Crippen molar-refractivity contribution in [1.29, 1.82) is 0 Å². The van der Waals surface area contributed by atoms with Gasteiger partial charge in [0, 0.05) is 30.8 Å². The summed E-state index contributed by atoms with van der Waals surface area (Å²) >= 11 is 0. The molecule has 90 valence electrons. The molecule has 1 aromatic rings. The molecule has 1 aromatic carbocycles. The summed E-state index contributed by atoms with van der Waals surface area (Å²) in [7, 11) is 0. The van der Waals surface area contributed by atoms with Crippen molar-refractivity contribution >= 4 is 17.2 Å². The van der Waals surface area contributed by atoms with E-state index in [4.69, 9.17) is 0 Å². The molecule has 0 radical (unpaired) electrons. The molecule has 2 rings (SSSR count). The van der Waals surface area contributed by atoms with Crippen molar-refractivity contribution in [1.82, 2.24) is 0 Å². The van der Waals surface area contributed by atoms with Crippen molar-refractivity contribution in [2.75, 3.05) is 11.9 Å². The molecule has 1 N–H and O–H groups in total. The Kier molecular flexibility index (Phi) is 2.83. The molecule has 0 saturated heterocycles.